The van der Waals surface area contributed by atoms with Crippen molar-refractivity contribution in [1.29, 1.82) is 5.41 Å². The summed E-state index contributed by atoms with van der Waals surface area (Å²) in [7, 11) is 0. The largest absolute Gasteiger partial charge is 0.306 e. The van der Waals surface area contributed by atoms with Gasteiger partial charge in [0.1, 0.15) is 11.0 Å². The van der Waals surface area contributed by atoms with Gasteiger partial charge in [0.15, 0.2) is 0 Å². The molecule has 19 heavy (non-hydrogen) atoms. The average Bonchev–Trinajstić information content (AvgIpc) is 2.42. The molecule has 0 aromatic carbocycles. The Kier molecular flexibility index (Phi) is 4.09. The van der Waals surface area contributed by atoms with E-state index in [9.17, 15) is 4.79 Å². The zero-order valence-electron chi connectivity index (χ0n) is 9.52. The molecule has 0 atom stereocenters. The fourth-order valence-corrected chi connectivity index (χ4v) is 1.71. The van der Waals surface area contributed by atoms with Crippen LogP contribution in [0.25, 0.3) is 0 Å². The SMILES string of the molecule is N=C(NC(=O)c1cc(Cl)ncc1Cl)c1ccncc1. The summed E-state index contributed by atoms with van der Waals surface area (Å²) >= 11 is 11.6. The topological polar surface area (TPSA) is 78.7 Å². The van der Waals surface area contributed by atoms with Gasteiger partial charge in [0.05, 0.1) is 10.6 Å². The van der Waals surface area contributed by atoms with Crippen LogP contribution < -0.4 is 5.32 Å². The van der Waals surface area contributed by atoms with Crippen molar-refractivity contribution in [2.75, 3.05) is 0 Å². The van der Waals surface area contributed by atoms with Crippen molar-refractivity contribution < 1.29 is 4.79 Å². The van der Waals surface area contributed by atoms with Gasteiger partial charge in [-0.2, -0.15) is 0 Å². The highest BCUT2D eigenvalue weighted by Crippen LogP contribution is 2.17. The number of carbonyl (C=O) groups is 1. The molecule has 0 fully saturated rings. The summed E-state index contributed by atoms with van der Waals surface area (Å²) in [4.78, 5) is 19.5. The number of nitrogens with zero attached hydrogens (tertiary/aromatic N) is 2. The molecule has 1 amide bonds. The molecule has 0 spiro atoms. The highest BCUT2D eigenvalue weighted by Gasteiger charge is 2.13. The zero-order valence-corrected chi connectivity index (χ0v) is 11.0. The molecule has 0 aliphatic rings. The van der Waals surface area contributed by atoms with Crippen LogP contribution in [0.2, 0.25) is 10.2 Å². The van der Waals surface area contributed by atoms with Gasteiger partial charge in [-0.05, 0) is 18.2 Å². The van der Waals surface area contributed by atoms with Crippen LogP contribution in [-0.2, 0) is 0 Å². The van der Waals surface area contributed by atoms with Gasteiger partial charge in [-0.15, -0.1) is 0 Å². The summed E-state index contributed by atoms with van der Waals surface area (Å²) in [5.41, 5.74) is 0.708. The van der Waals surface area contributed by atoms with E-state index in [0.29, 0.717) is 5.56 Å². The molecule has 2 aromatic rings. The molecule has 5 nitrogen and oxygen atoms in total. The highest BCUT2D eigenvalue weighted by molar-refractivity contribution is 6.35. The molecule has 0 unspecified atom stereocenters. The molecule has 0 aliphatic carbocycles. The Bertz CT molecular complexity index is 631. The fourth-order valence-electron chi connectivity index (χ4n) is 1.36. The molecule has 0 saturated heterocycles. The van der Waals surface area contributed by atoms with Gasteiger partial charge in [-0.3, -0.25) is 15.2 Å². The van der Waals surface area contributed by atoms with Gasteiger partial charge in [0.25, 0.3) is 5.91 Å². The van der Waals surface area contributed by atoms with Gasteiger partial charge < -0.3 is 5.32 Å². The Morgan fingerprint density at radius 1 is 1.26 bits per heavy atom. The number of nitrogens with one attached hydrogen (secondary N) is 2. The van der Waals surface area contributed by atoms with Crippen molar-refractivity contribution in [1.82, 2.24) is 15.3 Å². The van der Waals surface area contributed by atoms with Crippen LogP contribution >= 0.6 is 23.2 Å². The number of amides is 1. The molecule has 7 heteroatoms. The third kappa shape index (κ3) is 3.27. The number of rotatable bonds is 2. The first-order valence-corrected chi connectivity index (χ1v) is 5.95. The van der Waals surface area contributed by atoms with E-state index in [1.54, 1.807) is 12.1 Å². The number of hydrogen-bond donors (Lipinski definition) is 2. The lowest BCUT2D eigenvalue weighted by Crippen LogP contribution is -2.30. The number of aromatic nitrogens is 2. The summed E-state index contributed by atoms with van der Waals surface area (Å²) in [5, 5.41) is 10.5. The third-order valence-corrected chi connectivity index (χ3v) is 2.78. The lowest BCUT2D eigenvalue weighted by atomic mass is 10.2. The molecule has 0 radical (unpaired) electrons. The molecule has 2 aromatic heterocycles. The Morgan fingerprint density at radius 3 is 2.63 bits per heavy atom. The van der Waals surface area contributed by atoms with Crippen LogP contribution in [-0.4, -0.2) is 21.7 Å². The van der Waals surface area contributed by atoms with E-state index >= 15 is 0 Å². The van der Waals surface area contributed by atoms with Crippen LogP contribution in [0.15, 0.2) is 36.8 Å². The van der Waals surface area contributed by atoms with Crippen molar-refractivity contribution in [3.63, 3.8) is 0 Å². The first kappa shape index (κ1) is 13.5. The van der Waals surface area contributed by atoms with E-state index in [0.717, 1.165) is 0 Å². The average molecular weight is 295 g/mol. The predicted molar refractivity (Wildman–Crippen MR) is 72.8 cm³/mol. The summed E-state index contributed by atoms with van der Waals surface area (Å²) in [5.74, 6) is -0.562. The van der Waals surface area contributed by atoms with Crippen molar-refractivity contribution in [3.8, 4) is 0 Å². The van der Waals surface area contributed by atoms with Gasteiger partial charge in [-0.25, -0.2) is 4.98 Å². The van der Waals surface area contributed by atoms with Crippen LogP contribution in [0.5, 0.6) is 0 Å². The minimum Gasteiger partial charge on any atom is -0.306 e. The van der Waals surface area contributed by atoms with Gasteiger partial charge in [0, 0.05) is 24.2 Å². The Hall–Kier alpha value is -1.98. The molecule has 0 aliphatic heterocycles. The second-order valence-corrected chi connectivity index (χ2v) is 4.35. The van der Waals surface area contributed by atoms with Gasteiger partial charge in [-0.1, -0.05) is 23.2 Å². The molecule has 0 bridgehead atoms. The molecule has 2 heterocycles. The fraction of sp³-hybridized carbons (Fsp3) is 0. The highest BCUT2D eigenvalue weighted by atomic mass is 35.5. The first-order chi connectivity index (χ1) is 9.08. The maximum Gasteiger partial charge on any atom is 0.258 e. The van der Waals surface area contributed by atoms with Crippen molar-refractivity contribution >= 4 is 34.9 Å². The summed E-state index contributed by atoms with van der Waals surface area (Å²) in [6.45, 7) is 0. The number of amidine groups is 1. The lowest BCUT2D eigenvalue weighted by Gasteiger charge is -2.07. The number of halogens is 2. The predicted octanol–water partition coefficient (Wildman–Crippen LogP) is 2.54. The van der Waals surface area contributed by atoms with Gasteiger partial charge >= 0.3 is 0 Å². The maximum absolute atomic E-state index is 12.0. The van der Waals surface area contributed by atoms with Crippen molar-refractivity contribution in [2.24, 2.45) is 0 Å². The zero-order chi connectivity index (χ0) is 13.8. The summed E-state index contributed by atoms with van der Waals surface area (Å²) in [6.07, 6.45) is 4.35. The second kappa shape index (κ2) is 5.77. The lowest BCUT2D eigenvalue weighted by molar-refractivity contribution is 0.0977. The monoisotopic (exact) mass is 294 g/mol. The Morgan fingerprint density at radius 2 is 1.95 bits per heavy atom. The van der Waals surface area contributed by atoms with Crippen LogP contribution in [0.4, 0.5) is 0 Å². The van der Waals surface area contributed by atoms with Crippen LogP contribution in [0.3, 0.4) is 0 Å². The number of hydrogen-bond acceptors (Lipinski definition) is 4. The summed E-state index contributed by atoms with van der Waals surface area (Å²) < 4.78 is 0. The number of pyridine rings is 2. The minimum absolute atomic E-state index is 0.0450. The van der Waals surface area contributed by atoms with E-state index in [1.165, 1.54) is 24.7 Å². The minimum atomic E-state index is -0.517. The quantitative estimate of drug-likeness (QED) is 0.507. The van der Waals surface area contributed by atoms with E-state index in [4.69, 9.17) is 28.6 Å². The second-order valence-electron chi connectivity index (χ2n) is 3.55. The van der Waals surface area contributed by atoms with E-state index in [-0.39, 0.29) is 21.6 Å². The molecule has 0 saturated carbocycles. The third-order valence-electron chi connectivity index (χ3n) is 2.27. The van der Waals surface area contributed by atoms with Crippen LogP contribution in [0, 0.1) is 5.41 Å². The molecular weight excluding hydrogens is 287 g/mol. The first-order valence-electron chi connectivity index (χ1n) is 5.19. The van der Waals surface area contributed by atoms with E-state index in [2.05, 4.69) is 15.3 Å². The molecule has 2 N–H and O–H groups in total. The Balaban J connectivity index is 2.18. The number of carbonyl (C=O) groups excluding carboxylic acids is 1. The van der Waals surface area contributed by atoms with E-state index in [1.807, 2.05) is 0 Å². The molecular formula is C12H8Cl2N4O. The molecule has 2 rings (SSSR count). The van der Waals surface area contributed by atoms with E-state index < -0.39 is 5.91 Å². The smallest absolute Gasteiger partial charge is 0.258 e. The normalized spacial score (nSPS) is 10.0. The molecule has 96 valence electrons. The van der Waals surface area contributed by atoms with Crippen LogP contribution in [0.1, 0.15) is 15.9 Å². The summed E-state index contributed by atoms with van der Waals surface area (Å²) in [6, 6.07) is 4.58. The maximum atomic E-state index is 12.0. The van der Waals surface area contributed by atoms with Gasteiger partial charge in [0.2, 0.25) is 0 Å². The Labute approximate surface area is 119 Å². The van der Waals surface area contributed by atoms with Crippen molar-refractivity contribution in [2.45, 2.75) is 0 Å². The van der Waals surface area contributed by atoms with Crippen molar-refractivity contribution in [3.05, 3.63) is 58.1 Å². The standard InChI is InChI=1S/C12H8Cl2N4O/c13-9-6-17-10(14)5-8(9)12(19)18-11(15)7-1-3-16-4-2-7/h1-6H,(H2,15,18,19).